The molecule has 20 heavy (non-hydrogen) atoms. The number of halogens is 1. The summed E-state index contributed by atoms with van der Waals surface area (Å²) in [4.78, 5) is 0. The molecule has 0 saturated heterocycles. The first kappa shape index (κ1) is 14.9. The number of ether oxygens (including phenoxy) is 2. The zero-order valence-corrected chi connectivity index (χ0v) is 12.0. The molecule has 0 aliphatic heterocycles. The molecule has 2 aromatic rings. The van der Waals surface area contributed by atoms with E-state index in [0.29, 0.717) is 26.4 Å². The van der Waals surface area contributed by atoms with Crippen LogP contribution in [0.4, 0.5) is 0 Å². The second-order valence-corrected chi connectivity index (χ2v) is 4.78. The zero-order chi connectivity index (χ0) is 14.2. The van der Waals surface area contributed by atoms with Crippen LogP contribution >= 0.6 is 11.6 Å². The molecular weight excluding hydrogens is 274 g/mol. The van der Waals surface area contributed by atoms with Crippen LogP contribution in [0, 0.1) is 0 Å². The number of para-hydroxylation sites is 1. The number of nitrogens with two attached hydrogens (primary N) is 1. The molecule has 0 aliphatic carbocycles. The molecule has 0 spiro atoms. The van der Waals surface area contributed by atoms with E-state index in [1.54, 1.807) is 0 Å². The van der Waals surface area contributed by atoms with E-state index in [2.05, 4.69) is 0 Å². The largest absolute Gasteiger partial charge is 0.491 e. The van der Waals surface area contributed by atoms with E-state index in [1.165, 1.54) is 0 Å². The molecule has 0 aliphatic rings. The van der Waals surface area contributed by atoms with Gasteiger partial charge in [-0.25, -0.2) is 0 Å². The second-order valence-electron chi connectivity index (χ2n) is 4.34. The predicted molar refractivity (Wildman–Crippen MR) is 80.9 cm³/mol. The molecule has 0 fully saturated rings. The van der Waals surface area contributed by atoms with Crippen LogP contribution in [0.15, 0.2) is 48.5 Å². The Morgan fingerprint density at radius 1 is 0.950 bits per heavy atom. The van der Waals surface area contributed by atoms with E-state index in [0.717, 1.165) is 21.9 Å². The summed E-state index contributed by atoms with van der Waals surface area (Å²) in [5, 5.41) is 0.732. The van der Waals surface area contributed by atoms with Gasteiger partial charge in [-0.15, -0.1) is 0 Å². The average molecular weight is 292 g/mol. The maximum Gasteiger partial charge on any atom is 0.123 e. The Kier molecular flexibility index (Phi) is 5.87. The Labute approximate surface area is 124 Å². The lowest BCUT2D eigenvalue weighted by molar-refractivity contribution is 0.0886. The van der Waals surface area contributed by atoms with Gasteiger partial charge in [0, 0.05) is 17.1 Å². The van der Waals surface area contributed by atoms with Crippen molar-refractivity contribution in [1.82, 2.24) is 0 Å². The van der Waals surface area contributed by atoms with Crippen molar-refractivity contribution < 1.29 is 9.47 Å². The topological polar surface area (TPSA) is 44.5 Å². The van der Waals surface area contributed by atoms with Crippen molar-refractivity contribution in [1.29, 1.82) is 0 Å². The molecule has 0 aromatic heterocycles. The van der Waals surface area contributed by atoms with Crippen molar-refractivity contribution in [3.05, 3.63) is 64.7 Å². The van der Waals surface area contributed by atoms with E-state index in [9.17, 15) is 0 Å². The lowest BCUT2D eigenvalue weighted by atomic mass is 10.2. The molecule has 4 heteroatoms. The van der Waals surface area contributed by atoms with Crippen molar-refractivity contribution in [2.75, 3.05) is 13.2 Å². The Morgan fingerprint density at radius 2 is 1.70 bits per heavy atom. The fraction of sp³-hybridized carbons (Fsp3) is 0.250. The predicted octanol–water partition coefficient (Wildman–Crippen LogP) is 3.39. The monoisotopic (exact) mass is 291 g/mol. The SMILES string of the molecule is NCc1ccccc1OCCOCc1ccc(Cl)cc1. The smallest absolute Gasteiger partial charge is 0.123 e. The Balaban J connectivity index is 1.70. The van der Waals surface area contributed by atoms with Gasteiger partial charge in [-0.2, -0.15) is 0 Å². The second kappa shape index (κ2) is 7.90. The van der Waals surface area contributed by atoms with Gasteiger partial charge >= 0.3 is 0 Å². The van der Waals surface area contributed by atoms with Crippen LogP contribution in [0.1, 0.15) is 11.1 Å². The van der Waals surface area contributed by atoms with Crippen LogP contribution in [0.3, 0.4) is 0 Å². The molecule has 0 saturated carbocycles. The maximum absolute atomic E-state index is 5.82. The fourth-order valence-electron chi connectivity index (χ4n) is 1.79. The minimum atomic E-state index is 0.474. The number of hydrogen-bond donors (Lipinski definition) is 1. The number of hydrogen-bond acceptors (Lipinski definition) is 3. The standard InChI is InChI=1S/C16H18ClNO2/c17-15-7-5-13(6-8-15)12-19-9-10-20-16-4-2-1-3-14(16)11-18/h1-8H,9-12,18H2. The number of benzene rings is 2. The van der Waals surface area contributed by atoms with E-state index < -0.39 is 0 Å². The molecule has 0 unspecified atom stereocenters. The highest BCUT2D eigenvalue weighted by Crippen LogP contribution is 2.16. The first-order valence-electron chi connectivity index (χ1n) is 6.52. The molecule has 2 N–H and O–H groups in total. The van der Waals surface area contributed by atoms with E-state index in [1.807, 2.05) is 48.5 Å². The van der Waals surface area contributed by atoms with Crippen molar-refractivity contribution in [2.24, 2.45) is 5.73 Å². The van der Waals surface area contributed by atoms with Gasteiger partial charge in [0.05, 0.1) is 13.2 Å². The first-order valence-corrected chi connectivity index (χ1v) is 6.90. The molecule has 0 radical (unpaired) electrons. The lowest BCUT2D eigenvalue weighted by Gasteiger charge is -2.10. The molecule has 2 rings (SSSR count). The van der Waals surface area contributed by atoms with Crippen molar-refractivity contribution in [3.8, 4) is 5.75 Å². The Hall–Kier alpha value is -1.55. The summed E-state index contributed by atoms with van der Waals surface area (Å²) in [5.41, 5.74) is 7.75. The summed E-state index contributed by atoms with van der Waals surface area (Å²) in [5.74, 6) is 0.824. The molecule has 0 heterocycles. The third kappa shape index (κ3) is 4.53. The number of rotatable bonds is 7. The van der Waals surface area contributed by atoms with Gasteiger partial charge in [-0.1, -0.05) is 41.9 Å². The van der Waals surface area contributed by atoms with Gasteiger partial charge in [0.1, 0.15) is 12.4 Å². The summed E-state index contributed by atoms with van der Waals surface area (Å²) < 4.78 is 11.2. The first-order chi connectivity index (χ1) is 9.79. The summed E-state index contributed by atoms with van der Waals surface area (Å²) in [6, 6.07) is 15.4. The summed E-state index contributed by atoms with van der Waals surface area (Å²) >= 11 is 5.82. The van der Waals surface area contributed by atoms with E-state index in [-0.39, 0.29) is 0 Å². The third-order valence-corrected chi connectivity index (χ3v) is 3.11. The van der Waals surface area contributed by atoms with Crippen LogP contribution in [0.5, 0.6) is 5.75 Å². The quantitative estimate of drug-likeness (QED) is 0.795. The van der Waals surface area contributed by atoms with E-state index >= 15 is 0 Å². The molecule has 0 bridgehead atoms. The summed E-state index contributed by atoms with van der Waals surface area (Å²) in [6.07, 6.45) is 0. The van der Waals surface area contributed by atoms with Gasteiger partial charge in [0.25, 0.3) is 0 Å². The molecule has 2 aromatic carbocycles. The van der Waals surface area contributed by atoms with Gasteiger partial charge in [-0.05, 0) is 23.8 Å². The fourth-order valence-corrected chi connectivity index (χ4v) is 1.92. The highest BCUT2D eigenvalue weighted by atomic mass is 35.5. The van der Waals surface area contributed by atoms with Crippen LogP contribution < -0.4 is 10.5 Å². The Morgan fingerprint density at radius 3 is 2.45 bits per heavy atom. The van der Waals surface area contributed by atoms with Crippen molar-refractivity contribution in [2.45, 2.75) is 13.2 Å². The third-order valence-electron chi connectivity index (χ3n) is 2.86. The van der Waals surface area contributed by atoms with Crippen molar-refractivity contribution in [3.63, 3.8) is 0 Å². The van der Waals surface area contributed by atoms with Crippen molar-refractivity contribution >= 4 is 11.6 Å². The normalized spacial score (nSPS) is 10.5. The molecule has 0 atom stereocenters. The molecular formula is C16H18ClNO2. The van der Waals surface area contributed by atoms with Crippen LogP contribution in [0.25, 0.3) is 0 Å². The average Bonchev–Trinajstić information content (AvgIpc) is 2.49. The highest BCUT2D eigenvalue weighted by molar-refractivity contribution is 6.30. The van der Waals surface area contributed by atoms with Crippen LogP contribution in [-0.2, 0) is 17.9 Å². The Bertz CT molecular complexity index is 528. The van der Waals surface area contributed by atoms with Crippen LogP contribution in [0.2, 0.25) is 5.02 Å². The zero-order valence-electron chi connectivity index (χ0n) is 11.2. The minimum absolute atomic E-state index is 0.474. The molecule has 106 valence electrons. The van der Waals surface area contributed by atoms with Gasteiger partial charge in [0.2, 0.25) is 0 Å². The van der Waals surface area contributed by atoms with Gasteiger partial charge in [-0.3, -0.25) is 0 Å². The highest BCUT2D eigenvalue weighted by Gasteiger charge is 2.00. The minimum Gasteiger partial charge on any atom is -0.491 e. The summed E-state index contributed by atoms with van der Waals surface area (Å²) in [7, 11) is 0. The summed E-state index contributed by atoms with van der Waals surface area (Å²) in [6.45, 7) is 2.06. The van der Waals surface area contributed by atoms with Gasteiger partial charge < -0.3 is 15.2 Å². The molecule has 0 amide bonds. The lowest BCUT2D eigenvalue weighted by Crippen LogP contribution is -2.09. The molecule has 3 nitrogen and oxygen atoms in total. The van der Waals surface area contributed by atoms with Crippen LogP contribution in [-0.4, -0.2) is 13.2 Å². The van der Waals surface area contributed by atoms with E-state index in [4.69, 9.17) is 26.8 Å². The van der Waals surface area contributed by atoms with Gasteiger partial charge in [0.15, 0.2) is 0 Å². The maximum atomic E-state index is 5.82.